The van der Waals surface area contributed by atoms with Gasteiger partial charge >= 0.3 is 0 Å². The Labute approximate surface area is 145 Å². The predicted octanol–water partition coefficient (Wildman–Crippen LogP) is 3.49. The number of rotatable bonds is 1. The zero-order valence-electron chi connectivity index (χ0n) is 15.3. The molecule has 0 aromatic heterocycles. The van der Waals surface area contributed by atoms with E-state index in [9.17, 15) is 15.0 Å². The lowest BCUT2D eigenvalue weighted by atomic mass is 9.46. The first-order chi connectivity index (χ1) is 11.3. The van der Waals surface area contributed by atoms with Gasteiger partial charge in [0.1, 0.15) is 0 Å². The first kappa shape index (κ1) is 16.8. The highest BCUT2D eigenvalue weighted by molar-refractivity contribution is 5.91. The quantitative estimate of drug-likeness (QED) is 0.773. The number of hydrogen-bond donors (Lipinski definition) is 2. The van der Waals surface area contributed by atoms with Crippen LogP contribution >= 0.6 is 0 Å². The van der Waals surface area contributed by atoms with Gasteiger partial charge in [-0.15, -0.1) is 0 Å². The van der Waals surface area contributed by atoms with Crippen LogP contribution < -0.4 is 0 Å². The van der Waals surface area contributed by atoms with Gasteiger partial charge in [0.25, 0.3) is 0 Å². The molecular formula is C21H32O3. The van der Waals surface area contributed by atoms with Crippen molar-refractivity contribution in [1.82, 2.24) is 0 Å². The number of hydrogen-bond acceptors (Lipinski definition) is 3. The summed E-state index contributed by atoms with van der Waals surface area (Å²) in [6.45, 7) is 6.54. The van der Waals surface area contributed by atoms with Gasteiger partial charge in [0.05, 0.1) is 12.2 Å². The van der Waals surface area contributed by atoms with Crippen LogP contribution in [0.2, 0.25) is 0 Å². The van der Waals surface area contributed by atoms with Gasteiger partial charge in [0, 0.05) is 6.42 Å². The minimum Gasteiger partial charge on any atom is -0.393 e. The van der Waals surface area contributed by atoms with Gasteiger partial charge in [0.2, 0.25) is 0 Å². The Kier molecular flexibility index (Phi) is 3.78. The summed E-state index contributed by atoms with van der Waals surface area (Å²) in [5.74, 6) is 2.03. The van der Waals surface area contributed by atoms with Gasteiger partial charge in [-0.2, -0.15) is 0 Å². The minimum atomic E-state index is -0.308. The molecular weight excluding hydrogens is 300 g/mol. The molecule has 0 aromatic rings. The molecule has 0 spiro atoms. The molecule has 3 nitrogen and oxygen atoms in total. The van der Waals surface area contributed by atoms with Crippen molar-refractivity contribution < 1.29 is 15.0 Å². The average Bonchev–Trinajstić information content (AvgIpc) is 2.84. The first-order valence-corrected chi connectivity index (χ1v) is 9.87. The summed E-state index contributed by atoms with van der Waals surface area (Å²) in [5.41, 5.74) is 1.37. The van der Waals surface area contributed by atoms with E-state index in [4.69, 9.17) is 0 Å². The summed E-state index contributed by atoms with van der Waals surface area (Å²) in [5, 5.41) is 21.5. The number of aliphatic hydroxyl groups is 2. The molecule has 3 saturated carbocycles. The minimum absolute atomic E-state index is 0.000487. The van der Waals surface area contributed by atoms with Crippen LogP contribution in [-0.4, -0.2) is 28.2 Å². The van der Waals surface area contributed by atoms with E-state index in [1.165, 1.54) is 12.0 Å². The Hall–Kier alpha value is -0.670. The van der Waals surface area contributed by atoms with Crippen LogP contribution in [0.3, 0.4) is 0 Å². The number of aliphatic hydroxyl groups excluding tert-OH is 2. The lowest BCUT2D eigenvalue weighted by Gasteiger charge is -2.60. The smallest absolute Gasteiger partial charge is 0.155 e. The summed E-state index contributed by atoms with van der Waals surface area (Å²) < 4.78 is 0. The second-order valence-corrected chi connectivity index (χ2v) is 9.59. The Morgan fingerprint density at radius 3 is 2.67 bits per heavy atom. The molecule has 0 saturated heterocycles. The van der Waals surface area contributed by atoms with E-state index in [0.29, 0.717) is 24.2 Å². The Bertz CT molecular complexity index is 580. The van der Waals surface area contributed by atoms with Gasteiger partial charge in [-0.3, -0.25) is 4.79 Å². The normalized spacial score (nSPS) is 52.1. The third kappa shape index (κ3) is 2.13. The molecule has 0 aliphatic heterocycles. The lowest BCUT2D eigenvalue weighted by Crippen LogP contribution is -2.57. The van der Waals surface area contributed by atoms with Gasteiger partial charge in [-0.05, 0) is 86.0 Å². The fraction of sp³-hybridized carbons (Fsp3) is 0.857. The molecule has 8 atom stereocenters. The monoisotopic (exact) mass is 332 g/mol. The van der Waals surface area contributed by atoms with Crippen molar-refractivity contribution >= 4 is 5.78 Å². The van der Waals surface area contributed by atoms with Crippen LogP contribution in [0.15, 0.2) is 11.6 Å². The number of carbonyl (C=O) groups is 1. The number of carbonyl (C=O) groups excluding carboxylic acids is 1. The predicted molar refractivity (Wildman–Crippen MR) is 93.3 cm³/mol. The van der Waals surface area contributed by atoms with Crippen molar-refractivity contribution in [3.05, 3.63) is 11.6 Å². The van der Waals surface area contributed by atoms with Crippen LogP contribution in [0.5, 0.6) is 0 Å². The molecule has 4 aliphatic rings. The van der Waals surface area contributed by atoms with Crippen molar-refractivity contribution in [3.63, 3.8) is 0 Å². The largest absolute Gasteiger partial charge is 0.393 e. The van der Waals surface area contributed by atoms with Crippen molar-refractivity contribution in [1.29, 1.82) is 0 Å². The van der Waals surface area contributed by atoms with Crippen LogP contribution in [-0.2, 0) is 4.79 Å². The highest BCUT2D eigenvalue weighted by atomic mass is 16.3. The maximum atomic E-state index is 11.9. The van der Waals surface area contributed by atoms with Gasteiger partial charge < -0.3 is 10.2 Å². The molecule has 0 bridgehead atoms. The second kappa shape index (κ2) is 5.41. The SMILES string of the molecule is C[C@@H](O)C1CCC2C3CCC4=CC(=O)CCC4(C)C3C(O)CC21C. The second-order valence-electron chi connectivity index (χ2n) is 9.59. The molecule has 3 heteroatoms. The van der Waals surface area contributed by atoms with E-state index in [0.717, 1.165) is 32.1 Å². The zero-order valence-corrected chi connectivity index (χ0v) is 15.3. The summed E-state index contributed by atoms with van der Waals surface area (Å²) in [6.07, 6.45) is 8.04. The molecule has 0 amide bonds. The zero-order chi connectivity index (χ0) is 17.3. The first-order valence-electron chi connectivity index (χ1n) is 9.87. The van der Waals surface area contributed by atoms with E-state index < -0.39 is 0 Å². The molecule has 4 rings (SSSR count). The lowest BCUT2D eigenvalue weighted by molar-refractivity contribution is -0.140. The van der Waals surface area contributed by atoms with Crippen molar-refractivity contribution in [2.45, 2.75) is 77.9 Å². The summed E-state index contributed by atoms with van der Waals surface area (Å²) in [4.78, 5) is 11.9. The topological polar surface area (TPSA) is 57.5 Å². The Morgan fingerprint density at radius 1 is 1.21 bits per heavy atom. The molecule has 7 unspecified atom stereocenters. The summed E-state index contributed by atoms with van der Waals surface area (Å²) in [7, 11) is 0. The van der Waals surface area contributed by atoms with Crippen molar-refractivity contribution in [2.24, 2.45) is 34.5 Å². The fourth-order valence-electron chi connectivity index (χ4n) is 7.52. The third-order valence-corrected chi connectivity index (χ3v) is 8.55. The molecule has 4 aliphatic carbocycles. The maximum absolute atomic E-state index is 11.9. The molecule has 2 N–H and O–H groups in total. The molecule has 0 aromatic carbocycles. The highest BCUT2D eigenvalue weighted by Crippen LogP contribution is 2.66. The standard InChI is InChI=1S/C21H32O3/c1-12(22)16-6-7-17-15-5-4-13-10-14(23)8-9-20(13,2)19(15)18(24)11-21(16,17)3/h10,12,15-19,22,24H,4-9,11H2,1-3H3/t12-,15?,16?,17?,18?,19?,20?,21?/m1/s1. The van der Waals surface area contributed by atoms with E-state index >= 15 is 0 Å². The van der Waals surface area contributed by atoms with Crippen LogP contribution in [0, 0.1) is 34.5 Å². The molecule has 24 heavy (non-hydrogen) atoms. The third-order valence-electron chi connectivity index (χ3n) is 8.55. The van der Waals surface area contributed by atoms with Crippen molar-refractivity contribution in [2.75, 3.05) is 0 Å². The van der Waals surface area contributed by atoms with Gasteiger partial charge in [-0.25, -0.2) is 0 Å². The van der Waals surface area contributed by atoms with E-state index in [1.54, 1.807) is 0 Å². The van der Waals surface area contributed by atoms with Crippen LogP contribution in [0.25, 0.3) is 0 Å². The molecule has 0 heterocycles. The summed E-state index contributed by atoms with van der Waals surface area (Å²) in [6, 6.07) is 0. The van der Waals surface area contributed by atoms with Gasteiger partial charge in [0.15, 0.2) is 5.78 Å². The van der Waals surface area contributed by atoms with Crippen molar-refractivity contribution in [3.8, 4) is 0 Å². The molecule has 3 fully saturated rings. The van der Waals surface area contributed by atoms with E-state index in [1.807, 2.05) is 13.0 Å². The van der Waals surface area contributed by atoms with Crippen LogP contribution in [0.4, 0.5) is 0 Å². The van der Waals surface area contributed by atoms with Gasteiger partial charge in [-0.1, -0.05) is 19.4 Å². The van der Waals surface area contributed by atoms with E-state index in [-0.39, 0.29) is 34.7 Å². The highest BCUT2D eigenvalue weighted by Gasteiger charge is 2.62. The average molecular weight is 332 g/mol. The maximum Gasteiger partial charge on any atom is 0.155 e. The number of allylic oxidation sites excluding steroid dienone is 1. The Morgan fingerprint density at radius 2 is 1.96 bits per heavy atom. The number of ketones is 1. The number of fused-ring (bicyclic) bond motifs is 5. The Balaban J connectivity index is 1.71. The molecule has 0 radical (unpaired) electrons. The summed E-state index contributed by atoms with van der Waals surface area (Å²) >= 11 is 0. The van der Waals surface area contributed by atoms with E-state index in [2.05, 4.69) is 13.8 Å². The van der Waals surface area contributed by atoms with Crippen LogP contribution in [0.1, 0.15) is 65.7 Å². The fourth-order valence-corrected chi connectivity index (χ4v) is 7.52. The molecule has 134 valence electrons.